The van der Waals surface area contributed by atoms with E-state index in [-0.39, 0.29) is 38.0 Å². The molecule has 0 radical (unpaired) electrons. The normalized spacial score (nSPS) is 21.7. The molecule has 1 unspecified atom stereocenters. The number of aromatic nitrogens is 4. The molecule has 3 N–H and O–H groups in total. The number of hydrogen-bond donors (Lipinski definition) is 3. The number of nitrogens with zero attached hydrogens (tertiary/aromatic N) is 5. The van der Waals surface area contributed by atoms with E-state index in [2.05, 4.69) is 15.3 Å². The molecule has 2 amide bonds. The Balaban J connectivity index is 1.63. The second-order valence-electron chi connectivity index (χ2n) is 7.84. The molecular formula is C18H22N6O6. The van der Waals surface area contributed by atoms with E-state index in [1.165, 1.54) is 15.3 Å². The highest BCUT2D eigenvalue weighted by molar-refractivity contribution is 6.00. The molecule has 1 atom stereocenters. The number of rotatable bonds is 4. The molecule has 12 heteroatoms. The number of aryl methyl sites for hydroxylation is 1. The van der Waals surface area contributed by atoms with Gasteiger partial charge < -0.3 is 15.1 Å². The topological polar surface area (TPSA) is 160 Å². The molecule has 2 aliphatic rings. The summed E-state index contributed by atoms with van der Waals surface area (Å²) in [6.07, 6.45) is 2.05. The summed E-state index contributed by atoms with van der Waals surface area (Å²) in [6, 6.07) is -0.811. The maximum Gasteiger partial charge on any atom is 0.330 e. The number of carboxylic acid groups (broad SMARTS) is 1. The fourth-order valence-corrected chi connectivity index (χ4v) is 4.09. The van der Waals surface area contributed by atoms with E-state index in [0.717, 1.165) is 0 Å². The van der Waals surface area contributed by atoms with Crippen LogP contribution in [-0.2, 0) is 21.4 Å². The quantitative estimate of drug-likeness (QED) is 0.524. The average molecular weight is 418 g/mol. The number of fused-ring (bicyclic) bond motifs is 1. The predicted molar refractivity (Wildman–Crippen MR) is 103 cm³/mol. The minimum Gasteiger partial charge on any atom is -0.481 e. The van der Waals surface area contributed by atoms with E-state index >= 15 is 0 Å². The van der Waals surface area contributed by atoms with Gasteiger partial charge in [-0.15, -0.1) is 0 Å². The van der Waals surface area contributed by atoms with Crippen LogP contribution in [0.2, 0.25) is 0 Å². The molecule has 2 aromatic heterocycles. The maximum atomic E-state index is 12.8. The third-order valence-corrected chi connectivity index (χ3v) is 5.79. The van der Waals surface area contributed by atoms with E-state index in [1.807, 2.05) is 4.90 Å². The van der Waals surface area contributed by atoms with Crippen LogP contribution in [0.15, 0.2) is 11.0 Å². The third kappa shape index (κ3) is 3.43. The van der Waals surface area contributed by atoms with Crippen molar-refractivity contribution < 1.29 is 24.6 Å². The smallest absolute Gasteiger partial charge is 0.330 e. The minimum absolute atomic E-state index is 0.144. The van der Waals surface area contributed by atoms with Gasteiger partial charge in [0.25, 0.3) is 0 Å². The zero-order valence-electron chi connectivity index (χ0n) is 16.4. The number of aliphatic carboxylic acids is 1. The Bertz CT molecular complexity index is 1100. The molecule has 2 aromatic rings. The van der Waals surface area contributed by atoms with Crippen LogP contribution < -0.4 is 15.9 Å². The minimum atomic E-state index is -1.26. The summed E-state index contributed by atoms with van der Waals surface area (Å²) in [7, 11) is 1.55. The molecular weight excluding hydrogens is 396 g/mol. The molecule has 30 heavy (non-hydrogen) atoms. The molecule has 0 bridgehead atoms. The molecule has 0 spiro atoms. The number of anilines is 1. The first kappa shape index (κ1) is 20.0. The van der Waals surface area contributed by atoms with Gasteiger partial charge in [0.05, 0.1) is 18.2 Å². The van der Waals surface area contributed by atoms with Crippen LogP contribution in [0.1, 0.15) is 38.1 Å². The first-order valence-corrected chi connectivity index (χ1v) is 9.65. The number of carboxylic acids is 1. The monoisotopic (exact) mass is 418 g/mol. The van der Waals surface area contributed by atoms with Crippen molar-refractivity contribution in [1.29, 1.82) is 0 Å². The fourth-order valence-electron chi connectivity index (χ4n) is 4.09. The molecule has 12 nitrogen and oxygen atoms in total. The summed E-state index contributed by atoms with van der Waals surface area (Å²) in [6.45, 7) is 0.744. The summed E-state index contributed by atoms with van der Waals surface area (Å²) in [5.41, 5.74) is -0.948. The average Bonchev–Trinajstić information content (AvgIpc) is 2.92. The van der Waals surface area contributed by atoms with Crippen LogP contribution in [0.4, 0.5) is 5.95 Å². The Morgan fingerprint density at radius 1 is 1.30 bits per heavy atom. The Morgan fingerprint density at radius 3 is 2.63 bits per heavy atom. The largest absolute Gasteiger partial charge is 0.481 e. The first-order valence-electron chi connectivity index (χ1n) is 9.65. The van der Waals surface area contributed by atoms with Crippen LogP contribution in [-0.4, -0.2) is 65.8 Å². The lowest BCUT2D eigenvalue weighted by Crippen LogP contribution is -2.46. The van der Waals surface area contributed by atoms with Crippen molar-refractivity contribution in [2.75, 3.05) is 18.0 Å². The molecule has 2 aliphatic heterocycles. The van der Waals surface area contributed by atoms with Gasteiger partial charge >= 0.3 is 11.7 Å². The standard InChI is InChI=1S/C18H22N6O6/c1-22-14-11(24(17(22)29)10-2-3-12(25)20-15(10)28)9-19-16(21-14)23-6-4-18(30,5-7-23)8-13(26)27/h9-10,30H,2-8H2,1H3,(H,26,27)(H,20,25,28). The van der Waals surface area contributed by atoms with Gasteiger partial charge in [-0.25, -0.2) is 9.78 Å². The summed E-state index contributed by atoms with van der Waals surface area (Å²) in [4.78, 5) is 58.0. The summed E-state index contributed by atoms with van der Waals surface area (Å²) >= 11 is 0. The van der Waals surface area contributed by atoms with Crippen molar-refractivity contribution >= 4 is 34.9 Å². The SMILES string of the molecule is Cn1c(=O)n(C2CCC(=O)NC2=O)c2cnc(N3CCC(O)(CC(=O)O)CC3)nc21. The Labute approximate surface area is 170 Å². The van der Waals surface area contributed by atoms with Crippen LogP contribution in [0.3, 0.4) is 0 Å². The van der Waals surface area contributed by atoms with Crippen LogP contribution in [0.25, 0.3) is 11.2 Å². The second-order valence-corrected chi connectivity index (χ2v) is 7.84. The van der Waals surface area contributed by atoms with Crippen molar-refractivity contribution in [2.24, 2.45) is 7.05 Å². The second kappa shape index (κ2) is 7.20. The van der Waals surface area contributed by atoms with E-state index in [1.54, 1.807) is 7.05 Å². The van der Waals surface area contributed by atoms with E-state index in [4.69, 9.17) is 5.11 Å². The van der Waals surface area contributed by atoms with Crippen molar-refractivity contribution in [3.63, 3.8) is 0 Å². The molecule has 2 saturated heterocycles. The number of imidazole rings is 1. The van der Waals surface area contributed by atoms with Crippen molar-refractivity contribution in [3.05, 3.63) is 16.7 Å². The number of aliphatic hydroxyl groups is 1. The first-order chi connectivity index (χ1) is 14.2. The maximum absolute atomic E-state index is 12.8. The van der Waals surface area contributed by atoms with Gasteiger partial charge in [-0.05, 0) is 19.3 Å². The number of carbonyl (C=O) groups excluding carboxylic acids is 2. The van der Waals surface area contributed by atoms with Gasteiger partial charge in [-0.3, -0.25) is 28.8 Å². The highest BCUT2D eigenvalue weighted by Gasteiger charge is 2.36. The summed E-state index contributed by atoms with van der Waals surface area (Å²) in [5.74, 6) is -1.58. The number of piperidine rings is 2. The van der Waals surface area contributed by atoms with Gasteiger partial charge in [0.1, 0.15) is 11.6 Å². The van der Waals surface area contributed by atoms with Crippen LogP contribution in [0.5, 0.6) is 0 Å². The van der Waals surface area contributed by atoms with Crippen molar-refractivity contribution in [2.45, 2.75) is 43.7 Å². The highest BCUT2D eigenvalue weighted by atomic mass is 16.4. The van der Waals surface area contributed by atoms with Gasteiger partial charge in [-0.2, -0.15) is 4.98 Å². The fraction of sp³-hybridized carbons (Fsp3) is 0.556. The van der Waals surface area contributed by atoms with Gasteiger partial charge in [0.2, 0.25) is 17.8 Å². The molecule has 160 valence electrons. The third-order valence-electron chi connectivity index (χ3n) is 5.79. The number of hydrogen-bond acceptors (Lipinski definition) is 8. The van der Waals surface area contributed by atoms with Gasteiger partial charge in [0, 0.05) is 26.6 Å². The molecule has 0 aliphatic carbocycles. The summed E-state index contributed by atoms with van der Waals surface area (Å²) < 4.78 is 2.64. The molecule has 0 saturated carbocycles. The Kier molecular flexibility index (Phi) is 4.80. The zero-order chi connectivity index (χ0) is 21.6. The molecule has 4 heterocycles. The van der Waals surface area contributed by atoms with Gasteiger partial charge in [-0.1, -0.05) is 0 Å². The van der Waals surface area contributed by atoms with E-state index in [9.17, 15) is 24.3 Å². The zero-order valence-corrected chi connectivity index (χ0v) is 16.4. The number of imide groups is 1. The van der Waals surface area contributed by atoms with E-state index < -0.39 is 29.2 Å². The Morgan fingerprint density at radius 2 is 2.00 bits per heavy atom. The molecule has 2 fully saturated rings. The molecule has 4 rings (SSSR count). The molecule has 0 aromatic carbocycles. The van der Waals surface area contributed by atoms with Crippen LogP contribution >= 0.6 is 0 Å². The Hall–Kier alpha value is -3.28. The summed E-state index contributed by atoms with van der Waals surface area (Å²) in [5, 5.41) is 21.6. The predicted octanol–water partition coefficient (Wildman–Crippen LogP) is -1.09. The lowest BCUT2D eigenvalue weighted by molar-refractivity contribution is -0.143. The number of amides is 2. The highest BCUT2D eigenvalue weighted by Crippen LogP contribution is 2.28. The lowest BCUT2D eigenvalue weighted by atomic mass is 9.88. The lowest BCUT2D eigenvalue weighted by Gasteiger charge is -2.37. The number of nitrogens with one attached hydrogen (secondary N) is 1. The van der Waals surface area contributed by atoms with Crippen molar-refractivity contribution in [1.82, 2.24) is 24.4 Å². The van der Waals surface area contributed by atoms with Crippen LogP contribution in [0, 0.1) is 0 Å². The van der Waals surface area contributed by atoms with Gasteiger partial charge in [0.15, 0.2) is 5.65 Å². The van der Waals surface area contributed by atoms with E-state index in [0.29, 0.717) is 30.2 Å². The number of carbonyl (C=O) groups is 3. The van der Waals surface area contributed by atoms with Crippen molar-refractivity contribution in [3.8, 4) is 0 Å².